The number of aromatic carboxylic acids is 1. The van der Waals surface area contributed by atoms with Gasteiger partial charge in [-0.15, -0.1) is 0 Å². The molecule has 1 N–H and O–H groups in total. The van der Waals surface area contributed by atoms with E-state index in [9.17, 15) is 9.90 Å². The van der Waals surface area contributed by atoms with Crippen LogP contribution in [0.1, 0.15) is 61.0 Å². The van der Waals surface area contributed by atoms with Crippen molar-refractivity contribution in [3.63, 3.8) is 0 Å². The average Bonchev–Trinajstić information content (AvgIpc) is 2.48. The third kappa shape index (κ3) is 4.26. The number of carbonyl (C=O) groups is 1. The van der Waals surface area contributed by atoms with Gasteiger partial charge in [0.05, 0.1) is 0 Å². The van der Waals surface area contributed by atoms with Crippen LogP contribution in [0.3, 0.4) is 0 Å². The topological polar surface area (TPSA) is 46.5 Å². The molecule has 0 spiro atoms. The molecule has 0 bridgehead atoms. The summed E-state index contributed by atoms with van der Waals surface area (Å²) in [6.45, 7) is 8.48. The van der Waals surface area contributed by atoms with Gasteiger partial charge >= 0.3 is 5.97 Å². The predicted molar refractivity (Wildman–Crippen MR) is 93.1 cm³/mol. The van der Waals surface area contributed by atoms with Crippen LogP contribution in [0.25, 0.3) is 0 Å². The van der Waals surface area contributed by atoms with Crippen molar-refractivity contribution in [2.75, 3.05) is 0 Å². The van der Waals surface area contributed by atoms with E-state index in [4.69, 9.17) is 16.3 Å². The van der Waals surface area contributed by atoms with Gasteiger partial charge in [-0.2, -0.15) is 0 Å². The van der Waals surface area contributed by atoms with Gasteiger partial charge in [-0.05, 0) is 53.3 Å². The molecule has 0 saturated heterocycles. The van der Waals surface area contributed by atoms with Gasteiger partial charge in [0.1, 0.15) is 17.1 Å². The van der Waals surface area contributed by atoms with Crippen molar-refractivity contribution in [2.24, 2.45) is 0 Å². The Morgan fingerprint density at radius 2 is 1.57 bits per heavy atom. The fourth-order valence-corrected chi connectivity index (χ4v) is 2.43. The van der Waals surface area contributed by atoms with Gasteiger partial charge in [-0.1, -0.05) is 45.4 Å². The molecule has 4 heteroatoms. The Bertz CT molecular complexity index is 694. The minimum Gasteiger partial charge on any atom is -0.478 e. The van der Waals surface area contributed by atoms with Crippen molar-refractivity contribution >= 4 is 17.6 Å². The van der Waals surface area contributed by atoms with E-state index >= 15 is 0 Å². The van der Waals surface area contributed by atoms with E-state index in [1.807, 2.05) is 12.1 Å². The summed E-state index contributed by atoms with van der Waals surface area (Å²) in [6, 6.07) is 10.7. The minimum absolute atomic E-state index is 0.0542. The lowest BCUT2D eigenvalue weighted by Crippen LogP contribution is -2.01. The first-order chi connectivity index (χ1) is 10.8. The molecule has 0 aliphatic heterocycles. The molecular weight excluding hydrogens is 312 g/mol. The Balaban J connectivity index is 2.46. The molecule has 0 aliphatic rings. The van der Waals surface area contributed by atoms with E-state index in [1.54, 1.807) is 12.1 Å². The van der Waals surface area contributed by atoms with E-state index in [2.05, 4.69) is 33.8 Å². The largest absolute Gasteiger partial charge is 0.478 e. The van der Waals surface area contributed by atoms with Gasteiger partial charge < -0.3 is 9.84 Å². The summed E-state index contributed by atoms with van der Waals surface area (Å²) in [7, 11) is 0. The monoisotopic (exact) mass is 332 g/mol. The second-order valence-corrected chi connectivity index (χ2v) is 6.63. The van der Waals surface area contributed by atoms with Crippen LogP contribution in [0.5, 0.6) is 11.5 Å². The molecule has 0 radical (unpaired) electrons. The fraction of sp³-hybridized carbons (Fsp3) is 0.316. The highest BCUT2D eigenvalue weighted by Crippen LogP contribution is 2.32. The zero-order valence-corrected chi connectivity index (χ0v) is 14.5. The minimum atomic E-state index is -1.06. The highest BCUT2D eigenvalue weighted by atomic mass is 35.5. The molecule has 0 fully saturated rings. The van der Waals surface area contributed by atoms with E-state index in [0.717, 1.165) is 11.1 Å². The van der Waals surface area contributed by atoms with Gasteiger partial charge in [0.25, 0.3) is 0 Å². The van der Waals surface area contributed by atoms with Crippen molar-refractivity contribution in [2.45, 2.75) is 39.5 Å². The number of benzene rings is 2. The molecule has 0 aromatic heterocycles. The molecule has 0 saturated carbocycles. The molecule has 2 aromatic rings. The summed E-state index contributed by atoms with van der Waals surface area (Å²) in [5.41, 5.74) is 2.38. The van der Waals surface area contributed by atoms with Gasteiger partial charge in [-0.3, -0.25) is 0 Å². The predicted octanol–water partition coefficient (Wildman–Crippen LogP) is 6.08. The molecule has 0 amide bonds. The lowest BCUT2D eigenvalue weighted by atomic mass is 9.95. The summed E-state index contributed by atoms with van der Waals surface area (Å²) in [5, 5.41) is 9.68. The number of carboxylic acids is 1. The molecule has 2 aromatic carbocycles. The number of rotatable bonds is 5. The zero-order valence-electron chi connectivity index (χ0n) is 13.8. The van der Waals surface area contributed by atoms with Crippen molar-refractivity contribution in [3.8, 4) is 11.5 Å². The SMILES string of the molecule is CC(C)c1cc(Oc2ccc(Cl)cc2C(=O)O)cc(C(C)C)c1. The molecule has 2 rings (SSSR count). The molecule has 0 atom stereocenters. The number of hydrogen-bond acceptors (Lipinski definition) is 2. The molecule has 0 aliphatic carbocycles. The van der Waals surface area contributed by atoms with E-state index in [0.29, 0.717) is 22.6 Å². The highest BCUT2D eigenvalue weighted by Gasteiger charge is 2.14. The lowest BCUT2D eigenvalue weighted by Gasteiger charge is -2.16. The van der Waals surface area contributed by atoms with Crippen LogP contribution in [-0.2, 0) is 0 Å². The summed E-state index contributed by atoms with van der Waals surface area (Å²) in [6.07, 6.45) is 0. The Labute approximate surface area is 141 Å². The smallest absolute Gasteiger partial charge is 0.339 e. The van der Waals surface area contributed by atoms with E-state index in [-0.39, 0.29) is 11.3 Å². The zero-order chi connectivity index (χ0) is 17.1. The number of halogens is 1. The van der Waals surface area contributed by atoms with Crippen molar-refractivity contribution in [1.29, 1.82) is 0 Å². The van der Waals surface area contributed by atoms with Crippen LogP contribution < -0.4 is 4.74 Å². The van der Waals surface area contributed by atoms with Crippen LogP contribution in [-0.4, -0.2) is 11.1 Å². The first-order valence-corrected chi connectivity index (χ1v) is 8.01. The maximum atomic E-state index is 11.4. The quantitative estimate of drug-likeness (QED) is 0.722. The Hall–Kier alpha value is -2.00. The molecule has 122 valence electrons. The maximum absolute atomic E-state index is 11.4. The first-order valence-electron chi connectivity index (χ1n) is 7.63. The lowest BCUT2D eigenvalue weighted by molar-refractivity contribution is 0.0694. The summed E-state index contributed by atoms with van der Waals surface area (Å²) < 4.78 is 5.87. The van der Waals surface area contributed by atoms with Gasteiger partial charge in [0.2, 0.25) is 0 Å². The number of hydrogen-bond donors (Lipinski definition) is 1. The van der Waals surface area contributed by atoms with Crippen molar-refractivity contribution in [3.05, 3.63) is 58.1 Å². The fourth-order valence-electron chi connectivity index (χ4n) is 2.26. The van der Waals surface area contributed by atoms with Gasteiger partial charge in [0.15, 0.2) is 0 Å². The van der Waals surface area contributed by atoms with Gasteiger partial charge in [-0.25, -0.2) is 4.79 Å². The normalized spacial score (nSPS) is 11.1. The van der Waals surface area contributed by atoms with E-state index in [1.165, 1.54) is 6.07 Å². The number of carboxylic acid groups (broad SMARTS) is 1. The standard InChI is InChI=1S/C19H21ClO3/c1-11(2)13-7-14(12(3)4)9-16(8-13)23-18-6-5-15(20)10-17(18)19(21)22/h5-12H,1-4H3,(H,21,22). The molecule has 0 heterocycles. The Morgan fingerprint density at radius 1 is 1.00 bits per heavy atom. The molecule has 23 heavy (non-hydrogen) atoms. The Kier molecular flexibility index (Phi) is 5.32. The maximum Gasteiger partial charge on any atom is 0.339 e. The van der Waals surface area contributed by atoms with Crippen LogP contribution in [0.2, 0.25) is 5.02 Å². The highest BCUT2D eigenvalue weighted by molar-refractivity contribution is 6.31. The van der Waals surface area contributed by atoms with Crippen molar-refractivity contribution < 1.29 is 14.6 Å². The van der Waals surface area contributed by atoms with Gasteiger partial charge in [0, 0.05) is 5.02 Å². The number of ether oxygens (including phenoxy) is 1. The summed E-state index contributed by atoms with van der Waals surface area (Å²) in [5.74, 6) is 0.592. The molecule has 0 unspecified atom stereocenters. The first kappa shape index (κ1) is 17.4. The van der Waals surface area contributed by atoms with Crippen LogP contribution in [0.4, 0.5) is 0 Å². The van der Waals surface area contributed by atoms with Crippen LogP contribution >= 0.6 is 11.6 Å². The van der Waals surface area contributed by atoms with Crippen LogP contribution in [0, 0.1) is 0 Å². The summed E-state index contributed by atoms with van der Waals surface area (Å²) in [4.78, 5) is 11.4. The van der Waals surface area contributed by atoms with Crippen molar-refractivity contribution in [1.82, 2.24) is 0 Å². The second kappa shape index (κ2) is 7.05. The third-order valence-electron chi connectivity index (χ3n) is 3.68. The van der Waals surface area contributed by atoms with E-state index < -0.39 is 5.97 Å². The summed E-state index contributed by atoms with van der Waals surface area (Å²) >= 11 is 5.88. The Morgan fingerprint density at radius 3 is 2.04 bits per heavy atom. The molecular formula is C19H21ClO3. The third-order valence-corrected chi connectivity index (χ3v) is 3.92. The molecule has 3 nitrogen and oxygen atoms in total. The average molecular weight is 333 g/mol. The van der Waals surface area contributed by atoms with Crippen LogP contribution in [0.15, 0.2) is 36.4 Å². The second-order valence-electron chi connectivity index (χ2n) is 6.19.